The van der Waals surface area contributed by atoms with Crippen LogP contribution in [-0.4, -0.2) is 11.1 Å². The summed E-state index contributed by atoms with van der Waals surface area (Å²) in [6, 6.07) is 25.6. The van der Waals surface area contributed by atoms with Gasteiger partial charge in [-0.2, -0.15) is 0 Å². The molecule has 4 aromatic carbocycles. The highest BCUT2D eigenvalue weighted by Crippen LogP contribution is 2.38. The first-order chi connectivity index (χ1) is 18.4. The Morgan fingerprint density at radius 1 is 0.895 bits per heavy atom. The summed E-state index contributed by atoms with van der Waals surface area (Å²) in [5.74, 6) is -0.167. The average Bonchev–Trinajstić information content (AvgIpc) is 3.20. The van der Waals surface area contributed by atoms with Gasteiger partial charge < -0.3 is 4.74 Å². The maximum Gasteiger partial charge on any atom is 0.271 e. The molecule has 0 saturated carbocycles. The maximum atomic E-state index is 13.9. The molecule has 1 aliphatic heterocycles. The minimum absolute atomic E-state index is 0.0434. The van der Waals surface area contributed by atoms with Crippen LogP contribution in [0, 0.1) is 5.82 Å². The number of aliphatic imine (C=N–C) groups is 1. The van der Waals surface area contributed by atoms with Crippen LogP contribution in [-0.2, 0) is 11.4 Å². The van der Waals surface area contributed by atoms with E-state index in [1.54, 1.807) is 91.0 Å². The van der Waals surface area contributed by atoms with Gasteiger partial charge in [0.2, 0.25) is 0 Å². The van der Waals surface area contributed by atoms with Crippen LogP contribution in [0.1, 0.15) is 11.1 Å². The largest absolute Gasteiger partial charge is 0.487 e. The highest BCUT2D eigenvalue weighted by atomic mass is 35.5. The van der Waals surface area contributed by atoms with Crippen molar-refractivity contribution in [3.63, 3.8) is 0 Å². The zero-order valence-corrected chi connectivity index (χ0v) is 22.7. The maximum absolute atomic E-state index is 13.9. The van der Waals surface area contributed by atoms with E-state index in [0.29, 0.717) is 53.4 Å². The minimum atomic E-state index is -0.344. The van der Waals surface area contributed by atoms with Gasteiger partial charge in [0.05, 0.1) is 21.3 Å². The number of carbonyl (C=O) groups excluding carboxylic acids is 1. The molecule has 0 aromatic heterocycles. The van der Waals surface area contributed by atoms with Crippen molar-refractivity contribution in [1.29, 1.82) is 0 Å². The third-order valence-electron chi connectivity index (χ3n) is 5.54. The van der Waals surface area contributed by atoms with Crippen molar-refractivity contribution in [2.45, 2.75) is 6.61 Å². The predicted molar refractivity (Wildman–Crippen MR) is 155 cm³/mol. The fourth-order valence-electron chi connectivity index (χ4n) is 3.64. The molecule has 38 heavy (non-hydrogen) atoms. The van der Waals surface area contributed by atoms with Gasteiger partial charge in [-0.1, -0.05) is 59.1 Å². The highest BCUT2D eigenvalue weighted by Gasteiger charge is 2.34. The second kappa shape index (κ2) is 11.6. The second-order valence-electron chi connectivity index (χ2n) is 8.17. The van der Waals surface area contributed by atoms with Gasteiger partial charge in [-0.25, -0.2) is 9.38 Å². The molecular formula is C29H18Cl3FN2O2S. The van der Waals surface area contributed by atoms with Crippen LogP contribution >= 0.6 is 46.6 Å². The molecule has 5 rings (SSSR count). The van der Waals surface area contributed by atoms with E-state index in [-0.39, 0.29) is 18.3 Å². The van der Waals surface area contributed by atoms with Crippen LogP contribution in [0.3, 0.4) is 0 Å². The molecule has 4 aromatic rings. The molecule has 0 aliphatic carbocycles. The van der Waals surface area contributed by atoms with Gasteiger partial charge in [-0.3, -0.25) is 9.69 Å². The summed E-state index contributed by atoms with van der Waals surface area (Å²) in [5, 5.41) is 1.99. The average molecular weight is 584 g/mol. The van der Waals surface area contributed by atoms with Crippen molar-refractivity contribution in [2.75, 3.05) is 4.90 Å². The smallest absolute Gasteiger partial charge is 0.271 e. The van der Waals surface area contributed by atoms with Crippen molar-refractivity contribution in [2.24, 2.45) is 4.99 Å². The molecule has 9 heteroatoms. The molecular weight excluding hydrogens is 566 g/mol. The number of ether oxygens (including phenoxy) is 1. The van der Waals surface area contributed by atoms with Crippen LogP contribution in [0.15, 0.2) is 101 Å². The number of rotatable bonds is 6. The summed E-state index contributed by atoms with van der Waals surface area (Å²) in [5.41, 5.74) is 2.42. The fraction of sp³-hybridized carbons (Fsp3) is 0.0345. The number of nitrogens with zero attached hydrogens (tertiary/aromatic N) is 2. The summed E-state index contributed by atoms with van der Waals surface area (Å²) in [7, 11) is 0. The molecule has 0 spiro atoms. The van der Waals surface area contributed by atoms with E-state index in [1.807, 2.05) is 0 Å². The SMILES string of the molecule is O=C1/C(=C/c2ccc(OCc3ccccc3F)c(Cl)c2)SC(=Nc2ccc(Cl)cc2)N1c1ccc(Cl)cc1. The van der Waals surface area contributed by atoms with E-state index in [9.17, 15) is 9.18 Å². The lowest BCUT2D eigenvalue weighted by Gasteiger charge is -2.15. The number of carbonyl (C=O) groups is 1. The zero-order valence-electron chi connectivity index (χ0n) is 19.6. The van der Waals surface area contributed by atoms with E-state index in [2.05, 4.69) is 4.99 Å². The monoisotopic (exact) mass is 582 g/mol. The number of hydrogen-bond donors (Lipinski definition) is 0. The van der Waals surface area contributed by atoms with Gasteiger partial charge in [-0.15, -0.1) is 0 Å². The first kappa shape index (κ1) is 26.3. The number of benzene rings is 4. The van der Waals surface area contributed by atoms with Crippen LogP contribution < -0.4 is 9.64 Å². The fourth-order valence-corrected chi connectivity index (χ4v) is 5.14. The molecule has 0 bridgehead atoms. The molecule has 0 atom stereocenters. The number of amides is 1. The minimum Gasteiger partial charge on any atom is -0.487 e. The molecule has 1 aliphatic rings. The second-order valence-corrected chi connectivity index (χ2v) is 10.5. The van der Waals surface area contributed by atoms with Crippen molar-refractivity contribution < 1.29 is 13.9 Å². The summed E-state index contributed by atoms with van der Waals surface area (Å²) < 4.78 is 19.6. The van der Waals surface area contributed by atoms with Gasteiger partial charge in [0.15, 0.2) is 5.17 Å². The summed E-state index contributed by atoms with van der Waals surface area (Å²) in [6.45, 7) is 0.0434. The highest BCUT2D eigenvalue weighted by molar-refractivity contribution is 8.19. The van der Waals surface area contributed by atoms with E-state index >= 15 is 0 Å². The Morgan fingerprint density at radius 2 is 1.58 bits per heavy atom. The third kappa shape index (κ3) is 6.05. The molecule has 0 radical (unpaired) electrons. The summed E-state index contributed by atoms with van der Waals surface area (Å²) in [6.07, 6.45) is 1.74. The Kier molecular flexibility index (Phi) is 8.05. The van der Waals surface area contributed by atoms with E-state index in [0.717, 1.165) is 0 Å². The number of thioether (sulfide) groups is 1. The zero-order chi connectivity index (χ0) is 26.6. The first-order valence-electron chi connectivity index (χ1n) is 11.4. The molecule has 190 valence electrons. The molecule has 0 N–H and O–H groups in total. The Bertz CT molecular complexity index is 1560. The van der Waals surface area contributed by atoms with Crippen LogP contribution in [0.25, 0.3) is 6.08 Å². The quantitative estimate of drug-likeness (QED) is 0.213. The lowest BCUT2D eigenvalue weighted by molar-refractivity contribution is -0.113. The van der Waals surface area contributed by atoms with Gasteiger partial charge >= 0.3 is 0 Å². The van der Waals surface area contributed by atoms with Gasteiger partial charge in [0, 0.05) is 15.6 Å². The van der Waals surface area contributed by atoms with Gasteiger partial charge in [-0.05, 0) is 90.1 Å². The first-order valence-corrected chi connectivity index (χ1v) is 13.3. The summed E-state index contributed by atoms with van der Waals surface area (Å²) in [4.78, 5) is 20.2. The summed E-state index contributed by atoms with van der Waals surface area (Å²) >= 11 is 19.8. The Balaban J connectivity index is 1.42. The number of amidine groups is 1. The number of hydrogen-bond acceptors (Lipinski definition) is 4. The van der Waals surface area contributed by atoms with Crippen LogP contribution in [0.5, 0.6) is 5.75 Å². The third-order valence-corrected chi connectivity index (χ3v) is 7.31. The van der Waals surface area contributed by atoms with Gasteiger partial charge in [0.1, 0.15) is 18.2 Å². The predicted octanol–water partition coefficient (Wildman–Crippen LogP) is 9.17. The van der Waals surface area contributed by atoms with Crippen molar-refractivity contribution in [3.8, 4) is 5.75 Å². The molecule has 1 amide bonds. The topological polar surface area (TPSA) is 41.9 Å². The molecule has 0 unspecified atom stereocenters. The van der Waals surface area contributed by atoms with Gasteiger partial charge in [0.25, 0.3) is 5.91 Å². The van der Waals surface area contributed by atoms with Crippen LogP contribution in [0.4, 0.5) is 15.8 Å². The molecule has 4 nitrogen and oxygen atoms in total. The molecule has 1 saturated heterocycles. The Hall–Kier alpha value is -3.29. The van der Waals surface area contributed by atoms with Crippen LogP contribution in [0.2, 0.25) is 15.1 Å². The Morgan fingerprint density at radius 3 is 2.26 bits per heavy atom. The number of halogens is 4. The number of anilines is 1. The lowest BCUT2D eigenvalue weighted by atomic mass is 10.2. The van der Waals surface area contributed by atoms with E-state index in [1.165, 1.54) is 22.7 Å². The Labute approximate surface area is 238 Å². The van der Waals surface area contributed by atoms with Crippen molar-refractivity contribution >= 4 is 75.1 Å². The van der Waals surface area contributed by atoms with Crippen molar-refractivity contribution in [1.82, 2.24) is 0 Å². The molecule has 1 heterocycles. The van der Waals surface area contributed by atoms with E-state index < -0.39 is 0 Å². The lowest BCUT2D eigenvalue weighted by Crippen LogP contribution is -2.28. The standard InChI is InChI=1S/C29H18Cl3FN2O2S/c30-20-6-10-22(11-7-20)34-29-35(23-12-8-21(31)9-13-23)28(36)27(38-29)16-18-5-14-26(24(32)15-18)37-17-19-3-1-2-4-25(19)33/h1-16H,17H2/b27-16-,34-29?. The molecule has 1 fully saturated rings. The van der Waals surface area contributed by atoms with Crippen molar-refractivity contribution in [3.05, 3.63) is 128 Å². The normalized spacial score (nSPS) is 15.5. The van der Waals surface area contributed by atoms with E-state index in [4.69, 9.17) is 39.5 Å².